The number of carbonyl (C=O) groups is 2. The summed E-state index contributed by atoms with van der Waals surface area (Å²) in [4.78, 5) is 39.2. The molecule has 0 bridgehead atoms. The van der Waals surface area contributed by atoms with E-state index in [4.69, 9.17) is 5.73 Å². The molecule has 0 spiro atoms. The summed E-state index contributed by atoms with van der Waals surface area (Å²) in [6.45, 7) is 0. The van der Waals surface area contributed by atoms with Gasteiger partial charge >= 0.3 is 0 Å². The van der Waals surface area contributed by atoms with Crippen molar-refractivity contribution in [2.75, 3.05) is 0 Å². The first-order valence-electron chi connectivity index (χ1n) is 8.00. The lowest BCUT2D eigenvalue weighted by Crippen LogP contribution is -2.39. The molecule has 6 heteroatoms. The molecule has 130 valence electrons. The topological polar surface area (TPSA) is 105 Å². The fourth-order valence-corrected chi connectivity index (χ4v) is 2.61. The Labute approximate surface area is 149 Å². The average Bonchev–Trinajstić information content (AvgIpc) is 2.67. The lowest BCUT2D eigenvalue weighted by Gasteiger charge is -2.15. The van der Waals surface area contributed by atoms with E-state index < -0.39 is 23.4 Å². The highest BCUT2D eigenvalue weighted by Crippen LogP contribution is 2.16. The fraction of sp³-hybridized carbons (Fsp3) is 0.0500. The number of carbonyl (C=O) groups excluding carboxylic acids is 2. The number of primary amides is 1. The number of benzene rings is 2. The van der Waals surface area contributed by atoms with Gasteiger partial charge in [-0.25, -0.2) is 0 Å². The molecule has 0 aliphatic carbocycles. The Morgan fingerprint density at radius 3 is 2.08 bits per heavy atom. The second-order valence-corrected chi connectivity index (χ2v) is 5.70. The van der Waals surface area contributed by atoms with Crippen LogP contribution in [-0.2, 0) is 4.79 Å². The molecule has 0 saturated carbocycles. The van der Waals surface area contributed by atoms with Gasteiger partial charge in [0.2, 0.25) is 5.91 Å². The van der Waals surface area contributed by atoms with Crippen LogP contribution in [0.5, 0.6) is 0 Å². The number of hydrogen-bond donors (Lipinski definition) is 3. The van der Waals surface area contributed by atoms with Gasteiger partial charge in [-0.1, -0.05) is 60.7 Å². The SMILES string of the molecule is NC(=O)[C@@H](NC(=O)c1ccc(-c2ccccc2)[nH]c1=O)c1ccccc1. The van der Waals surface area contributed by atoms with Crippen LogP contribution in [0.25, 0.3) is 11.3 Å². The van der Waals surface area contributed by atoms with E-state index in [-0.39, 0.29) is 5.56 Å². The lowest BCUT2D eigenvalue weighted by molar-refractivity contribution is -0.120. The maximum atomic E-state index is 12.5. The average molecular weight is 347 g/mol. The zero-order valence-corrected chi connectivity index (χ0v) is 13.8. The minimum absolute atomic E-state index is 0.0909. The largest absolute Gasteiger partial charge is 0.368 e. The number of aromatic amines is 1. The number of rotatable bonds is 5. The molecule has 4 N–H and O–H groups in total. The number of hydrogen-bond acceptors (Lipinski definition) is 3. The van der Waals surface area contributed by atoms with Crippen LogP contribution in [-0.4, -0.2) is 16.8 Å². The molecule has 2 amide bonds. The van der Waals surface area contributed by atoms with Crippen molar-refractivity contribution in [3.8, 4) is 11.3 Å². The third kappa shape index (κ3) is 3.70. The molecule has 0 aliphatic heterocycles. The molecule has 0 aliphatic rings. The summed E-state index contributed by atoms with van der Waals surface area (Å²) in [6, 6.07) is 20.0. The van der Waals surface area contributed by atoms with Gasteiger partial charge in [0.05, 0.1) is 0 Å². The number of pyridine rings is 1. The van der Waals surface area contributed by atoms with E-state index in [2.05, 4.69) is 10.3 Å². The highest BCUT2D eigenvalue weighted by Gasteiger charge is 2.22. The van der Waals surface area contributed by atoms with Crippen LogP contribution in [0.15, 0.2) is 77.6 Å². The van der Waals surface area contributed by atoms with Gasteiger partial charge in [-0.15, -0.1) is 0 Å². The Balaban J connectivity index is 1.86. The van der Waals surface area contributed by atoms with Gasteiger partial charge in [0.1, 0.15) is 11.6 Å². The zero-order chi connectivity index (χ0) is 18.5. The van der Waals surface area contributed by atoms with Crippen molar-refractivity contribution >= 4 is 11.8 Å². The van der Waals surface area contributed by atoms with Gasteiger partial charge in [-0.2, -0.15) is 0 Å². The molecular formula is C20H17N3O3. The number of H-pyrrole nitrogens is 1. The summed E-state index contributed by atoms with van der Waals surface area (Å²) in [5, 5.41) is 2.52. The molecular weight excluding hydrogens is 330 g/mol. The van der Waals surface area contributed by atoms with Crippen LogP contribution in [0.1, 0.15) is 22.0 Å². The van der Waals surface area contributed by atoms with Gasteiger partial charge in [0.25, 0.3) is 11.5 Å². The molecule has 0 radical (unpaired) electrons. The van der Waals surface area contributed by atoms with Crippen LogP contribution in [0.3, 0.4) is 0 Å². The van der Waals surface area contributed by atoms with E-state index in [1.165, 1.54) is 6.07 Å². The molecule has 26 heavy (non-hydrogen) atoms. The Hall–Kier alpha value is -3.67. The van der Waals surface area contributed by atoms with Crippen molar-refractivity contribution in [1.82, 2.24) is 10.3 Å². The summed E-state index contributed by atoms with van der Waals surface area (Å²) in [5.74, 6) is -1.37. The number of nitrogens with one attached hydrogen (secondary N) is 2. The van der Waals surface area contributed by atoms with E-state index in [1.54, 1.807) is 36.4 Å². The van der Waals surface area contributed by atoms with E-state index in [1.807, 2.05) is 30.3 Å². The maximum Gasteiger partial charge on any atom is 0.261 e. The van der Waals surface area contributed by atoms with Gasteiger partial charge in [-0.05, 0) is 23.3 Å². The van der Waals surface area contributed by atoms with Gasteiger partial charge < -0.3 is 16.0 Å². The first-order chi connectivity index (χ1) is 12.6. The Morgan fingerprint density at radius 1 is 0.885 bits per heavy atom. The van der Waals surface area contributed by atoms with E-state index in [9.17, 15) is 14.4 Å². The Bertz CT molecular complexity index is 982. The van der Waals surface area contributed by atoms with Gasteiger partial charge in [0.15, 0.2) is 0 Å². The van der Waals surface area contributed by atoms with Crippen molar-refractivity contribution < 1.29 is 9.59 Å². The third-order valence-corrected chi connectivity index (χ3v) is 3.93. The summed E-state index contributed by atoms with van der Waals surface area (Å²) < 4.78 is 0. The molecule has 3 aromatic rings. The minimum atomic E-state index is -1.02. The molecule has 0 fully saturated rings. The smallest absolute Gasteiger partial charge is 0.261 e. The third-order valence-electron chi connectivity index (χ3n) is 3.93. The molecule has 0 unspecified atom stereocenters. The van der Waals surface area contributed by atoms with E-state index in [0.29, 0.717) is 11.3 Å². The number of amides is 2. The summed E-state index contributed by atoms with van der Waals surface area (Å²) in [5.41, 5.74) is 6.74. The van der Waals surface area contributed by atoms with Crippen molar-refractivity contribution in [3.05, 3.63) is 94.3 Å². The highest BCUT2D eigenvalue weighted by molar-refractivity contribution is 5.97. The van der Waals surface area contributed by atoms with Crippen molar-refractivity contribution in [2.24, 2.45) is 5.73 Å². The molecule has 0 saturated heterocycles. The summed E-state index contributed by atoms with van der Waals surface area (Å²) in [7, 11) is 0. The fourth-order valence-electron chi connectivity index (χ4n) is 2.61. The second kappa shape index (κ2) is 7.48. The predicted octanol–water partition coefficient (Wildman–Crippen LogP) is 2.00. The Morgan fingerprint density at radius 2 is 1.50 bits per heavy atom. The first-order valence-corrected chi connectivity index (χ1v) is 8.00. The Kier molecular flexibility index (Phi) is 4.94. The minimum Gasteiger partial charge on any atom is -0.368 e. The molecule has 6 nitrogen and oxygen atoms in total. The molecule has 1 aromatic heterocycles. The zero-order valence-electron chi connectivity index (χ0n) is 13.8. The van der Waals surface area contributed by atoms with E-state index >= 15 is 0 Å². The second-order valence-electron chi connectivity index (χ2n) is 5.70. The lowest BCUT2D eigenvalue weighted by atomic mass is 10.1. The molecule has 1 atom stereocenters. The van der Waals surface area contributed by atoms with Crippen LogP contribution in [0, 0.1) is 0 Å². The van der Waals surface area contributed by atoms with Crippen molar-refractivity contribution in [3.63, 3.8) is 0 Å². The molecule has 3 rings (SSSR count). The summed E-state index contributed by atoms with van der Waals surface area (Å²) in [6.07, 6.45) is 0. The van der Waals surface area contributed by atoms with Crippen LogP contribution >= 0.6 is 0 Å². The number of nitrogens with two attached hydrogens (primary N) is 1. The van der Waals surface area contributed by atoms with Crippen LogP contribution in [0.4, 0.5) is 0 Å². The first kappa shape index (κ1) is 17.2. The highest BCUT2D eigenvalue weighted by atomic mass is 16.2. The van der Waals surface area contributed by atoms with Crippen LogP contribution < -0.4 is 16.6 Å². The molecule has 2 aromatic carbocycles. The van der Waals surface area contributed by atoms with Crippen LogP contribution in [0.2, 0.25) is 0 Å². The maximum absolute atomic E-state index is 12.5. The normalized spacial score (nSPS) is 11.5. The summed E-state index contributed by atoms with van der Waals surface area (Å²) >= 11 is 0. The number of aromatic nitrogens is 1. The monoisotopic (exact) mass is 347 g/mol. The van der Waals surface area contributed by atoms with Gasteiger partial charge in [-0.3, -0.25) is 14.4 Å². The predicted molar refractivity (Wildman–Crippen MR) is 98.3 cm³/mol. The van der Waals surface area contributed by atoms with Crippen molar-refractivity contribution in [2.45, 2.75) is 6.04 Å². The van der Waals surface area contributed by atoms with Crippen molar-refractivity contribution in [1.29, 1.82) is 0 Å². The van der Waals surface area contributed by atoms with E-state index in [0.717, 1.165) is 5.56 Å². The quantitative estimate of drug-likeness (QED) is 0.657. The standard InChI is InChI=1S/C20H17N3O3/c21-18(24)17(14-9-5-2-6-10-14)23-20(26)15-11-12-16(22-19(15)25)13-7-3-1-4-8-13/h1-12,17H,(H2,21,24)(H,22,25)(H,23,26)/t17-/m0/s1. The van der Waals surface area contributed by atoms with Gasteiger partial charge in [0, 0.05) is 5.69 Å². The molecule has 1 heterocycles.